The van der Waals surface area contributed by atoms with E-state index in [4.69, 9.17) is 5.73 Å². The molecule has 1 aromatic rings. The first kappa shape index (κ1) is 15.0. The normalized spacial score (nSPS) is 17.1. The highest BCUT2D eigenvalue weighted by molar-refractivity contribution is 5.78. The SMILES string of the molecule is CC(CN)C(=O)NCc1ccccc1CN1CCCC1. The number of benzene rings is 1. The summed E-state index contributed by atoms with van der Waals surface area (Å²) in [5, 5.41) is 2.98. The lowest BCUT2D eigenvalue weighted by Crippen LogP contribution is -2.33. The Kier molecular flexibility index (Phi) is 5.56. The molecule has 4 heteroatoms. The number of likely N-dealkylation sites (tertiary alicyclic amines) is 1. The van der Waals surface area contributed by atoms with Crippen molar-refractivity contribution in [2.24, 2.45) is 11.7 Å². The Morgan fingerprint density at radius 3 is 2.60 bits per heavy atom. The van der Waals surface area contributed by atoms with Crippen molar-refractivity contribution in [3.63, 3.8) is 0 Å². The Morgan fingerprint density at radius 1 is 1.30 bits per heavy atom. The van der Waals surface area contributed by atoms with Gasteiger partial charge in [-0.05, 0) is 37.1 Å². The molecule has 1 aliphatic heterocycles. The number of nitrogens with zero attached hydrogens (tertiary/aromatic N) is 1. The molecule has 0 aliphatic carbocycles. The van der Waals surface area contributed by atoms with Gasteiger partial charge in [0, 0.05) is 25.6 Å². The molecule has 0 radical (unpaired) electrons. The summed E-state index contributed by atoms with van der Waals surface area (Å²) in [5.41, 5.74) is 8.03. The first-order valence-electron chi connectivity index (χ1n) is 7.47. The Balaban J connectivity index is 1.95. The molecule has 0 spiro atoms. The van der Waals surface area contributed by atoms with E-state index in [1.807, 2.05) is 13.0 Å². The maximum absolute atomic E-state index is 11.8. The number of carbonyl (C=O) groups is 1. The Morgan fingerprint density at radius 2 is 1.95 bits per heavy atom. The zero-order chi connectivity index (χ0) is 14.4. The van der Waals surface area contributed by atoms with E-state index in [2.05, 4.69) is 28.4 Å². The molecule has 1 fully saturated rings. The van der Waals surface area contributed by atoms with Crippen molar-refractivity contribution >= 4 is 5.91 Å². The van der Waals surface area contributed by atoms with Gasteiger partial charge < -0.3 is 11.1 Å². The molecule has 20 heavy (non-hydrogen) atoms. The summed E-state index contributed by atoms with van der Waals surface area (Å²) in [6, 6.07) is 8.35. The van der Waals surface area contributed by atoms with Crippen LogP contribution in [0, 0.1) is 5.92 Å². The Labute approximate surface area is 121 Å². The van der Waals surface area contributed by atoms with Gasteiger partial charge in [-0.15, -0.1) is 0 Å². The second-order valence-corrected chi connectivity index (χ2v) is 5.61. The van der Waals surface area contributed by atoms with E-state index in [1.54, 1.807) is 0 Å². The maximum atomic E-state index is 11.8. The van der Waals surface area contributed by atoms with Crippen LogP contribution in [0.3, 0.4) is 0 Å². The topological polar surface area (TPSA) is 58.4 Å². The second kappa shape index (κ2) is 7.41. The molecule has 1 atom stereocenters. The van der Waals surface area contributed by atoms with Crippen molar-refractivity contribution in [1.29, 1.82) is 0 Å². The average Bonchev–Trinajstić information content (AvgIpc) is 2.98. The molecular formula is C16H25N3O. The highest BCUT2D eigenvalue weighted by atomic mass is 16.1. The van der Waals surface area contributed by atoms with Gasteiger partial charge in [-0.3, -0.25) is 9.69 Å². The first-order valence-corrected chi connectivity index (χ1v) is 7.47. The molecule has 0 aromatic heterocycles. The van der Waals surface area contributed by atoms with Crippen molar-refractivity contribution in [3.05, 3.63) is 35.4 Å². The lowest BCUT2D eigenvalue weighted by molar-refractivity contribution is -0.124. The van der Waals surface area contributed by atoms with Crippen LogP contribution in [-0.4, -0.2) is 30.4 Å². The lowest BCUT2D eigenvalue weighted by atomic mass is 10.1. The number of carbonyl (C=O) groups excluding carboxylic acids is 1. The predicted octanol–water partition coefficient (Wildman–Crippen LogP) is 1.49. The average molecular weight is 275 g/mol. The van der Waals surface area contributed by atoms with E-state index < -0.39 is 0 Å². The van der Waals surface area contributed by atoms with Gasteiger partial charge in [-0.2, -0.15) is 0 Å². The Bertz CT molecular complexity index is 441. The summed E-state index contributed by atoms with van der Waals surface area (Å²) in [6.07, 6.45) is 2.60. The van der Waals surface area contributed by atoms with Crippen LogP contribution in [0.5, 0.6) is 0 Å². The van der Waals surface area contributed by atoms with Crippen molar-refractivity contribution in [2.75, 3.05) is 19.6 Å². The Hall–Kier alpha value is -1.39. The summed E-state index contributed by atoms with van der Waals surface area (Å²) < 4.78 is 0. The molecule has 3 N–H and O–H groups in total. The monoisotopic (exact) mass is 275 g/mol. The molecule has 4 nitrogen and oxygen atoms in total. The highest BCUT2D eigenvalue weighted by Gasteiger charge is 2.14. The fraction of sp³-hybridized carbons (Fsp3) is 0.562. The van der Waals surface area contributed by atoms with Gasteiger partial charge in [0.2, 0.25) is 5.91 Å². The molecule has 1 aliphatic rings. The zero-order valence-corrected chi connectivity index (χ0v) is 12.3. The van der Waals surface area contributed by atoms with Crippen LogP contribution in [0.1, 0.15) is 30.9 Å². The second-order valence-electron chi connectivity index (χ2n) is 5.61. The summed E-state index contributed by atoms with van der Waals surface area (Å²) in [4.78, 5) is 14.3. The largest absolute Gasteiger partial charge is 0.352 e. The van der Waals surface area contributed by atoms with Crippen LogP contribution < -0.4 is 11.1 Å². The molecule has 0 bridgehead atoms. The third-order valence-electron chi connectivity index (χ3n) is 3.97. The van der Waals surface area contributed by atoms with E-state index in [0.717, 1.165) is 6.54 Å². The number of hydrogen-bond donors (Lipinski definition) is 2. The number of nitrogens with two attached hydrogens (primary N) is 1. The lowest BCUT2D eigenvalue weighted by Gasteiger charge is -2.18. The van der Waals surface area contributed by atoms with Crippen molar-refractivity contribution < 1.29 is 4.79 Å². The number of nitrogens with one attached hydrogen (secondary N) is 1. The van der Waals surface area contributed by atoms with Gasteiger partial charge in [-0.1, -0.05) is 31.2 Å². The van der Waals surface area contributed by atoms with E-state index in [9.17, 15) is 4.79 Å². The van der Waals surface area contributed by atoms with Gasteiger partial charge in [0.1, 0.15) is 0 Å². The van der Waals surface area contributed by atoms with Gasteiger partial charge in [0.25, 0.3) is 0 Å². The molecule has 1 amide bonds. The molecule has 110 valence electrons. The fourth-order valence-corrected chi connectivity index (χ4v) is 2.53. The van der Waals surface area contributed by atoms with Crippen LogP contribution in [0.4, 0.5) is 0 Å². The van der Waals surface area contributed by atoms with Gasteiger partial charge in [-0.25, -0.2) is 0 Å². The summed E-state index contributed by atoms with van der Waals surface area (Å²) in [5.74, 6) is -0.0933. The summed E-state index contributed by atoms with van der Waals surface area (Å²) in [7, 11) is 0. The van der Waals surface area contributed by atoms with E-state index in [1.165, 1.54) is 37.1 Å². The smallest absolute Gasteiger partial charge is 0.224 e. The summed E-state index contributed by atoms with van der Waals surface area (Å²) in [6.45, 7) is 6.19. The van der Waals surface area contributed by atoms with Crippen molar-refractivity contribution in [2.45, 2.75) is 32.9 Å². The third-order valence-corrected chi connectivity index (χ3v) is 3.97. The van der Waals surface area contributed by atoms with Crippen LogP contribution in [0.25, 0.3) is 0 Å². The fourth-order valence-electron chi connectivity index (χ4n) is 2.53. The molecule has 1 heterocycles. The molecule has 1 unspecified atom stereocenters. The minimum atomic E-state index is -0.124. The van der Waals surface area contributed by atoms with Crippen molar-refractivity contribution in [1.82, 2.24) is 10.2 Å². The van der Waals surface area contributed by atoms with Crippen LogP contribution in [0.2, 0.25) is 0 Å². The number of rotatable bonds is 6. The number of hydrogen-bond acceptors (Lipinski definition) is 3. The molecule has 0 saturated carbocycles. The van der Waals surface area contributed by atoms with Crippen LogP contribution in [-0.2, 0) is 17.9 Å². The molecule has 2 rings (SSSR count). The van der Waals surface area contributed by atoms with Gasteiger partial charge in [0.05, 0.1) is 0 Å². The molecule has 1 saturated heterocycles. The van der Waals surface area contributed by atoms with Crippen molar-refractivity contribution in [3.8, 4) is 0 Å². The predicted molar refractivity (Wildman–Crippen MR) is 81.0 cm³/mol. The van der Waals surface area contributed by atoms with E-state index in [0.29, 0.717) is 13.1 Å². The molecular weight excluding hydrogens is 250 g/mol. The van der Waals surface area contributed by atoms with E-state index >= 15 is 0 Å². The van der Waals surface area contributed by atoms with E-state index in [-0.39, 0.29) is 11.8 Å². The third kappa shape index (κ3) is 4.05. The first-order chi connectivity index (χ1) is 9.70. The minimum absolute atomic E-state index is 0.0310. The summed E-state index contributed by atoms with van der Waals surface area (Å²) >= 11 is 0. The maximum Gasteiger partial charge on any atom is 0.224 e. The quantitative estimate of drug-likeness (QED) is 0.827. The van der Waals surface area contributed by atoms with Crippen LogP contribution >= 0.6 is 0 Å². The number of amides is 1. The zero-order valence-electron chi connectivity index (χ0n) is 12.3. The highest BCUT2D eigenvalue weighted by Crippen LogP contribution is 2.16. The standard InChI is InChI=1S/C16H25N3O/c1-13(10-17)16(20)18-11-14-6-2-3-7-15(14)12-19-8-4-5-9-19/h2-3,6-7,13H,4-5,8-12,17H2,1H3,(H,18,20). The molecule has 1 aromatic carbocycles. The minimum Gasteiger partial charge on any atom is -0.352 e. The van der Waals surface area contributed by atoms with Gasteiger partial charge >= 0.3 is 0 Å². The van der Waals surface area contributed by atoms with Crippen LogP contribution in [0.15, 0.2) is 24.3 Å². The van der Waals surface area contributed by atoms with Gasteiger partial charge in [0.15, 0.2) is 0 Å².